The average Bonchev–Trinajstić information content (AvgIpc) is 2.28. The van der Waals surface area contributed by atoms with Gasteiger partial charge in [-0.3, -0.25) is 14.9 Å². The Hall–Kier alpha value is -1.37. The van der Waals surface area contributed by atoms with Crippen molar-refractivity contribution in [2.75, 3.05) is 7.11 Å². The van der Waals surface area contributed by atoms with Crippen molar-refractivity contribution < 1.29 is 14.5 Å². The van der Waals surface area contributed by atoms with E-state index in [2.05, 4.69) is 4.74 Å². The zero-order chi connectivity index (χ0) is 13.0. The Kier molecular flexibility index (Phi) is 6.61. The number of nitrogens with zero attached hydrogens (tertiary/aromatic N) is 1. The van der Waals surface area contributed by atoms with Crippen molar-refractivity contribution in [1.29, 1.82) is 0 Å². The monoisotopic (exact) mass is 294 g/mol. The lowest BCUT2D eigenvalue weighted by atomic mass is 10.0. The van der Waals surface area contributed by atoms with Gasteiger partial charge >= 0.3 is 5.97 Å². The van der Waals surface area contributed by atoms with Gasteiger partial charge < -0.3 is 10.5 Å². The van der Waals surface area contributed by atoms with Gasteiger partial charge in [-0.1, -0.05) is 11.6 Å². The average molecular weight is 295 g/mol. The highest BCUT2D eigenvalue weighted by Gasteiger charge is 2.18. The van der Waals surface area contributed by atoms with Crippen molar-refractivity contribution in [2.45, 2.75) is 12.5 Å². The lowest BCUT2D eigenvalue weighted by Crippen LogP contribution is -2.16. The van der Waals surface area contributed by atoms with Gasteiger partial charge in [0.1, 0.15) is 0 Å². The summed E-state index contributed by atoms with van der Waals surface area (Å²) in [6.45, 7) is 0. The number of ether oxygens (including phenoxy) is 1. The second-order valence-electron chi connectivity index (χ2n) is 3.35. The van der Waals surface area contributed by atoms with Gasteiger partial charge in [-0.15, -0.1) is 12.4 Å². The van der Waals surface area contributed by atoms with Crippen molar-refractivity contribution in [3.63, 3.8) is 0 Å². The molecule has 1 aromatic carbocycles. The number of halogens is 2. The molecule has 2 N–H and O–H groups in total. The van der Waals surface area contributed by atoms with Gasteiger partial charge in [0.25, 0.3) is 5.69 Å². The number of esters is 1. The maximum absolute atomic E-state index is 11.0. The minimum Gasteiger partial charge on any atom is -0.469 e. The Morgan fingerprint density at radius 1 is 1.61 bits per heavy atom. The van der Waals surface area contributed by atoms with Crippen molar-refractivity contribution >= 4 is 35.7 Å². The molecule has 0 amide bonds. The third kappa shape index (κ3) is 4.14. The molecule has 0 saturated carbocycles. The molecule has 0 aliphatic carbocycles. The van der Waals surface area contributed by atoms with Crippen LogP contribution < -0.4 is 5.73 Å². The summed E-state index contributed by atoms with van der Waals surface area (Å²) in [5.41, 5.74) is 5.97. The fourth-order valence-corrected chi connectivity index (χ4v) is 1.56. The highest BCUT2D eigenvalue weighted by atomic mass is 35.5. The van der Waals surface area contributed by atoms with E-state index in [-0.39, 0.29) is 29.5 Å². The maximum Gasteiger partial charge on any atom is 0.307 e. The van der Waals surface area contributed by atoms with E-state index in [1.54, 1.807) is 0 Å². The standard InChI is InChI=1S/C10H11ClN2O4.ClH/c1-17-10(14)5-9(12)7-4-6(13(15)16)2-3-8(7)11;/h2-4,9H,5,12H2,1H3;1H/t9-;/m1./s1. The molecule has 0 saturated heterocycles. The number of carbonyl (C=O) groups excluding carboxylic acids is 1. The van der Waals surface area contributed by atoms with Crippen LogP contribution in [0.25, 0.3) is 0 Å². The molecule has 100 valence electrons. The molecule has 0 heterocycles. The normalized spacial score (nSPS) is 11.3. The molecular weight excluding hydrogens is 283 g/mol. The first-order chi connectivity index (χ1) is 7.95. The van der Waals surface area contributed by atoms with Crippen LogP contribution in [0.1, 0.15) is 18.0 Å². The third-order valence-corrected chi connectivity index (χ3v) is 2.55. The molecule has 0 spiro atoms. The van der Waals surface area contributed by atoms with Crippen LogP contribution in [0.2, 0.25) is 5.02 Å². The van der Waals surface area contributed by atoms with E-state index in [1.165, 1.54) is 25.3 Å². The molecule has 0 aromatic heterocycles. The summed E-state index contributed by atoms with van der Waals surface area (Å²) in [4.78, 5) is 21.1. The number of rotatable bonds is 4. The quantitative estimate of drug-likeness (QED) is 0.522. The van der Waals surface area contributed by atoms with Crippen molar-refractivity contribution in [3.8, 4) is 0 Å². The second kappa shape index (κ2) is 7.15. The molecule has 0 bridgehead atoms. The largest absolute Gasteiger partial charge is 0.469 e. The van der Waals surface area contributed by atoms with Crippen LogP contribution in [0.15, 0.2) is 18.2 Å². The first-order valence-electron chi connectivity index (χ1n) is 4.72. The van der Waals surface area contributed by atoms with Gasteiger partial charge in [0.15, 0.2) is 0 Å². The molecule has 8 heteroatoms. The number of benzene rings is 1. The molecule has 0 aliphatic heterocycles. The summed E-state index contributed by atoms with van der Waals surface area (Å²) in [5.74, 6) is -0.500. The Balaban J connectivity index is 0.00000289. The van der Waals surface area contributed by atoms with Gasteiger partial charge in [-0.25, -0.2) is 0 Å². The Morgan fingerprint density at radius 2 is 2.22 bits per heavy atom. The molecule has 0 unspecified atom stereocenters. The molecule has 0 fully saturated rings. The molecule has 0 aliphatic rings. The SMILES string of the molecule is COC(=O)C[C@@H](N)c1cc([N+](=O)[O-])ccc1Cl.Cl. The van der Waals surface area contributed by atoms with E-state index in [1.807, 2.05) is 0 Å². The molecule has 0 radical (unpaired) electrons. The third-order valence-electron chi connectivity index (χ3n) is 2.20. The van der Waals surface area contributed by atoms with Crippen LogP contribution in [-0.2, 0) is 9.53 Å². The molecule has 1 atom stereocenters. The van der Waals surface area contributed by atoms with E-state index < -0.39 is 16.9 Å². The van der Waals surface area contributed by atoms with E-state index in [4.69, 9.17) is 17.3 Å². The van der Waals surface area contributed by atoms with E-state index >= 15 is 0 Å². The Morgan fingerprint density at radius 3 is 2.72 bits per heavy atom. The van der Waals surface area contributed by atoms with Gasteiger partial charge in [-0.05, 0) is 11.6 Å². The number of nitrogens with two attached hydrogens (primary N) is 1. The second-order valence-corrected chi connectivity index (χ2v) is 3.76. The number of nitro groups is 1. The summed E-state index contributed by atoms with van der Waals surface area (Å²) in [6.07, 6.45) is -0.0859. The minimum atomic E-state index is -0.727. The first-order valence-corrected chi connectivity index (χ1v) is 5.09. The predicted molar refractivity (Wildman–Crippen MR) is 68.9 cm³/mol. The van der Waals surface area contributed by atoms with Crippen molar-refractivity contribution in [1.82, 2.24) is 0 Å². The fraction of sp³-hybridized carbons (Fsp3) is 0.300. The van der Waals surface area contributed by atoms with Gasteiger partial charge in [0, 0.05) is 23.2 Å². The van der Waals surface area contributed by atoms with E-state index in [0.29, 0.717) is 5.56 Å². The van der Waals surface area contributed by atoms with Crippen LogP contribution in [-0.4, -0.2) is 18.0 Å². The van der Waals surface area contributed by atoms with Crippen molar-refractivity contribution in [2.24, 2.45) is 5.73 Å². The number of hydrogen-bond donors (Lipinski definition) is 1. The number of nitro benzene ring substituents is 1. The lowest BCUT2D eigenvalue weighted by Gasteiger charge is -2.11. The summed E-state index contributed by atoms with van der Waals surface area (Å²) in [7, 11) is 1.24. The molecule has 18 heavy (non-hydrogen) atoms. The smallest absolute Gasteiger partial charge is 0.307 e. The first kappa shape index (κ1) is 16.6. The van der Waals surface area contributed by atoms with Crippen LogP contribution in [0.3, 0.4) is 0 Å². The summed E-state index contributed by atoms with van der Waals surface area (Å²) in [6, 6.07) is 3.19. The molecule has 6 nitrogen and oxygen atoms in total. The summed E-state index contributed by atoms with van der Waals surface area (Å²) >= 11 is 5.87. The highest BCUT2D eigenvalue weighted by Crippen LogP contribution is 2.27. The minimum absolute atomic E-state index is 0. The zero-order valence-electron chi connectivity index (χ0n) is 9.46. The molecule has 1 rings (SSSR count). The zero-order valence-corrected chi connectivity index (χ0v) is 11.0. The fourth-order valence-electron chi connectivity index (χ4n) is 1.30. The van der Waals surface area contributed by atoms with E-state index in [0.717, 1.165) is 0 Å². The Labute approximate surface area is 115 Å². The van der Waals surface area contributed by atoms with Crippen LogP contribution in [0.5, 0.6) is 0 Å². The maximum atomic E-state index is 11.0. The lowest BCUT2D eigenvalue weighted by molar-refractivity contribution is -0.384. The van der Waals surface area contributed by atoms with Crippen LogP contribution in [0.4, 0.5) is 5.69 Å². The van der Waals surface area contributed by atoms with Gasteiger partial charge in [-0.2, -0.15) is 0 Å². The van der Waals surface area contributed by atoms with Crippen molar-refractivity contribution in [3.05, 3.63) is 38.9 Å². The molecular formula is C10H12Cl2N2O4. The number of non-ortho nitro benzene ring substituents is 1. The van der Waals surface area contributed by atoms with Gasteiger partial charge in [0.2, 0.25) is 0 Å². The van der Waals surface area contributed by atoms with Gasteiger partial charge in [0.05, 0.1) is 18.5 Å². The summed E-state index contributed by atoms with van der Waals surface area (Å²) in [5, 5.41) is 10.9. The topological polar surface area (TPSA) is 95.5 Å². The predicted octanol–water partition coefficient (Wildman–Crippen LogP) is 2.23. The number of hydrogen-bond acceptors (Lipinski definition) is 5. The van der Waals surface area contributed by atoms with E-state index in [9.17, 15) is 14.9 Å². The highest BCUT2D eigenvalue weighted by molar-refractivity contribution is 6.31. The van der Waals surface area contributed by atoms with Crippen LogP contribution in [0, 0.1) is 10.1 Å². The number of carbonyl (C=O) groups is 1. The van der Waals surface area contributed by atoms with Crippen LogP contribution >= 0.6 is 24.0 Å². The number of methoxy groups -OCH3 is 1. The summed E-state index contributed by atoms with van der Waals surface area (Å²) < 4.78 is 4.46. The Bertz CT molecular complexity index is 454. The molecule has 1 aromatic rings.